The Morgan fingerprint density at radius 3 is 2.94 bits per heavy atom. The third-order valence-corrected chi connectivity index (χ3v) is 3.61. The maximum absolute atomic E-state index is 11.9. The fourth-order valence-corrected chi connectivity index (χ4v) is 2.73. The maximum atomic E-state index is 11.9. The van der Waals surface area contributed by atoms with E-state index in [-0.39, 0.29) is 5.78 Å². The van der Waals surface area contributed by atoms with E-state index in [2.05, 4.69) is 4.90 Å². The van der Waals surface area contributed by atoms with E-state index in [4.69, 9.17) is 9.15 Å². The predicted octanol–water partition coefficient (Wildman–Crippen LogP) is 1.36. The Morgan fingerprint density at radius 1 is 1.29 bits per heavy atom. The second-order valence-electron chi connectivity index (χ2n) is 4.87. The van der Waals surface area contributed by atoms with Crippen molar-refractivity contribution in [3.63, 3.8) is 0 Å². The standard InChI is InChI=1S/C13H17NO3/c15-12-7-10(8-13-11(12)1-4-17-13)9-14-2-5-16-6-3-14/h1,4,10H,2-3,5-9H2/t10-/m1/s1. The molecule has 0 radical (unpaired) electrons. The molecule has 1 aromatic rings. The first kappa shape index (κ1) is 11.0. The summed E-state index contributed by atoms with van der Waals surface area (Å²) in [7, 11) is 0. The number of ketones is 1. The number of hydrogen-bond donors (Lipinski definition) is 0. The van der Waals surface area contributed by atoms with Crippen molar-refractivity contribution in [1.29, 1.82) is 0 Å². The van der Waals surface area contributed by atoms with Crippen molar-refractivity contribution in [3.05, 3.63) is 23.7 Å². The minimum atomic E-state index is 0.234. The summed E-state index contributed by atoms with van der Waals surface area (Å²) < 4.78 is 10.7. The number of carbonyl (C=O) groups excluding carboxylic acids is 1. The van der Waals surface area contributed by atoms with Gasteiger partial charge in [-0.3, -0.25) is 9.69 Å². The van der Waals surface area contributed by atoms with Crippen molar-refractivity contribution in [2.45, 2.75) is 12.8 Å². The molecule has 0 unspecified atom stereocenters. The van der Waals surface area contributed by atoms with Gasteiger partial charge in [0.15, 0.2) is 5.78 Å². The first-order valence-corrected chi connectivity index (χ1v) is 6.22. The molecule has 1 fully saturated rings. The number of nitrogens with zero attached hydrogens (tertiary/aromatic N) is 1. The molecule has 1 aliphatic carbocycles. The quantitative estimate of drug-likeness (QED) is 0.776. The Kier molecular flexibility index (Phi) is 2.99. The number of furan rings is 1. The van der Waals surface area contributed by atoms with Gasteiger partial charge in [-0.1, -0.05) is 0 Å². The highest BCUT2D eigenvalue weighted by molar-refractivity contribution is 5.98. The van der Waals surface area contributed by atoms with Gasteiger partial charge in [0, 0.05) is 32.5 Å². The molecule has 2 heterocycles. The lowest BCUT2D eigenvalue weighted by molar-refractivity contribution is 0.0292. The second kappa shape index (κ2) is 4.63. The minimum Gasteiger partial charge on any atom is -0.469 e. The highest BCUT2D eigenvalue weighted by Crippen LogP contribution is 2.27. The molecule has 1 atom stereocenters. The van der Waals surface area contributed by atoms with E-state index >= 15 is 0 Å². The van der Waals surface area contributed by atoms with Crippen LogP contribution in [0.3, 0.4) is 0 Å². The van der Waals surface area contributed by atoms with Crippen molar-refractivity contribution in [2.24, 2.45) is 5.92 Å². The lowest BCUT2D eigenvalue weighted by atomic mass is 9.87. The molecule has 0 bridgehead atoms. The van der Waals surface area contributed by atoms with Crippen LogP contribution < -0.4 is 0 Å². The molecule has 17 heavy (non-hydrogen) atoms. The number of carbonyl (C=O) groups is 1. The molecule has 1 aromatic heterocycles. The summed E-state index contributed by atoms with van der Waals surface area (Å²) in [4.78, 5) is 14.3. The third-order valence-electron chi connectivity index (χ3n) is 3.61. The first-order valence-electron chi connectivity index (χ1n) is 6.22. The van der Waals surface area contributed by atoms with Gasteiger partial charge in [0.25, 0.3) is 0 Å². The number of rotatable bonds is 2. The summed E-state index contributed by atoms with van der Waals surface area (Å²) in [6, 6.07) is 1.79. The summed E-state index contributed by atoms with van der Waals surface area (Å²) in [5, 5.41) is 0. The Morgan fingerprint density at radius 2 is 2.12 bits per heavy atom. The van der Waals surface area contributed by atoms with Gasteiger partial charge in [-0.2, -0.15) is 0 Å². The van der Waals surface area contributed by atoms with Crippen LogP contribution in [0.4, 0.5) is 0 Å². The highest BCUT2D eigenvalue weighted by Gasteiger charge is 2.28. The molecule has 0 N–H and O–H groups in total. The molecule has 0 spiro atoms. The Bertz CT molecular complexity index is 407. The molecule has 92 valence electrons. The zero-order chi connectivity index (χ0) is 11.7. The van der Waals surface area contributed by atoms with Crippen molar-refractivity contribution in [3.8, 4) is 0 Å². The van der Waals surface area contributed by atoms with E-state index < -0.39 is 0 Å². The maximum Gasteiger partial charge on any atom is 0.166 e. The molecule has 1 aliphatic heterocycles. The molecular formula is C13H17NO3. The molecular weight excluding hydrogens is 218 g/mol. The fourth-order valence-electron chi connectivity index (χ4n) is 2.73. The average molecular weight is 235 g/mol. The molecule has 3 rings (SSSR count). The van der Waals surface area contributed by atoms with Gasteiger partial charge < -0.3 is 9.15 Å². The Balaban J connectivity index is 1.64. The van der Waals surface area contributed by atoms with Crippen LogP contribution in [0.25, 0.3) is 0 Å². The van der Waals surface area contributed by atoms with Crippen molar-refractivity contribution >= 4 is 5.78 Å². The predicted molar refractivity (Wildman–Crippen MR) is 62.1 cm³/mol. The monoisotopic (exact) mass is 235 g/mol. The Hall–Kier alpha value is -1.13. The molecule has 4 nitrogen and oxygen atoms in total. The molecule has 1 saturated heterocycles. The zero-order valence-electron chi connectivity index (χ0n) is 9.85. The topological polar surface area (TPSA) is 42.7 Å². The van der Waals surface area contributed by atoms with Crippen molar-refractivity contribution < 1.29 is 13.9 Å². The largest absolute Gasteiger partial charge is 0.469 e. The van der Waals surface area contributed by atoms with Crippen LogP contribution in [0.1, 0.15) is 22.5 Å². The van der Waals surface area contributed by atoms with Crippen molar-refractivity contribution in [1.82, 2.24) is 4.90 Å². The lowest BCUT2D eigenvalue weighted by Gasteiger charge is -2.31. The van der Waals surface area contributed by atoms with Gasteiger partial charge in [0.1, 0.15) is 5.76 Å². The third kappa shape index (κ3) is 2.28. The number of fused-ring (bicyclic) bond motifs is 1. The second-order valence-corrected chi connectivity index (χ2v) is 4.87. The van der Waals surface area contributed by atoms with E-state index in [1.54, 1.807) is 12.3 Å². The SMILES string of the molecule is O=C1C[C@@H](CN2CCOCC2)Cc2occc21. The summed E-state index contributed by atoms with van der Waals surface area (Å²) in [6.45, 7) is 4.57. The number of Topliss-reactive ketones (excluding diaryl/α,β-unsaturated/α-hetero) is 1. The van der Waals surface area contributed by atoms with Gasteiger partial charge in [-0.15, -0.1) is 0 Å². The summed E-state index contributed by atoms with van der Waals surface area (Å²) in [5.41, 5.74) is 0.795. The average Bonchev–Trinajstić information content (AvgIpc) is 2.79. The van der Waals surface area contributed by atoms with Crippen LogP contribution in [0.2, 0.25) is 0 Å². The summed E-state index contributed by atoms with van der Waals surface area (Å²) in [5.74, 6) is 1.51. The molecule has 0 aromatic carbocycles. The number of ether oxygens (including phenoxy) is 1. The zero-order valence-corrected chi connectivity index (χ0v) is 9.85. The number of hydrogen-bond acceptors (Lipinski definition) is 4. The number of morpholine rings is 1. The fraction of sp³-hybridized carbons (Fsp3) is 0.615. The normalized spacial score (nSPS) is 25.9. The minimum absolute atomic E-state index is 0.234. The van der Waals surface area contributed by atoms with Crippen LogP contribution >= 0.6 is 0 Å². The molecule has 0 amide bonds. The van der Waals surface area contributed by atoms with Crippen LogP contribution in [0, 0.1) is 5.92 Å². The van der Waals surface area contributed by atoms with E-state index in [9.17, 15) is 4.79 Å². The molecule has 0 saturated carbocycles. The van der Waals surface area contributed by atoms with Crippen molar-refractivity contribution in [2.75, 3.05) is 32.8 Å². The van der Waals surface area contributed by atoms with E-state index in [1.165, 1.54) is 0 Å². The summed E-state index contributed by atoms with van der Waals surface area (Å²) in [6.07, 6.45) is 3.18. The van der Waals surface area contributed by atoms with Gasteiger partial charge in [0.05, 0.1) is 25.0 Å². The van der Waals surface area contributed by atoms with Crippen LogP contribution in [0.5, 0.6) is 0 Å². The van der Waals surface area contributed by atoms with Crippen LogP contribution in [-0.4, -0.2) is 43.5 Å². The summed E-state index contributed by atoms with van der Waals surface area (Å²) >= 11 is 0. The molecule has 2 aliphatic rings. The van der Waals surface area contributed by atoms with Crippen LogP contribution in [-0.2, 0) is 11.2 Å². The highest BCUT2D eigenvalue weighted by atomic mass is 16.5. The van der Waals surface area contributed by atoms with Gasteiger partial charge in [-0.05, 0) is 12.0 Å². The smallest absolute Gasteiger partial charge is 0.166 e. The van der Waals surface area contributed by atoms with Crippen LogP contribution in [0.15, 0.2) is 16.7 Å². The van der Waals surface area contributed by atoms with Gasteiger partial charge >= 0.3 is 0 Å². The van der Waals surface area contributed by atoms with E-state index in [0.29, 0.717) is 12.3 Å². The van der Waals surface area contributed by atoms with E-state index in [0.717, 1.165) is 50.6 Å². The molecule has 4 heteroatoms. The first-order chi connectivity index (χ1) is 8.33. The van der Waals surface area contributed by atoms with Gasteiger partial charge in [-0.25, -0.2) is 0 Å². The van der Waals surface area contributed by atoms with Gasteiger partial charge in [0.2, 0.25) is 0 Å². The Labute approximate surface area is 101 Å². The van der Waals surface area contributed by atoms with E-state index in [1.807, 2.05) is 0 Å². The lowest BCUT2D eigenvalue weighted by Crippen LogP contribution is -2.40.